The van der Waals surface area contributed by atoms with Gasteiger partial charge < -0.3 is 19.2 Å². The molecule has 1 aliphatic heterocycles. The maximum Gasteiger partial charge on any atom is 0.417 e. The maximum absolute atomic E-state index is 13.1. The number of ether oxygens (including phenoxy) is 2. The molecule has 1 aromatic rings. The van der Waals surface area contributed by atoms with Crippen molar-refractivity contribution < 1.29 is 45.4 Å². The largest absolute Gasteiger partial charge is 0.444 e. The second-order valence-corrected chi connectivity index (χ2v) is 8.80. The van der Waals surface area contributed by atoms with E-state index in [4.69, 9.17) is 14.3 Å². The van der Waals surface area contributed by atoms with Gasteiger partial charge in [0.05, 0.1) is 29.5 Å². The smallest absolute Gasteiger partial charge is 0.417 e. The van der Waals surface area contributed by atoms with Gasteiger partial charge in [-0.05, 0) is 58.2 Å². The molecule has 6 nitrogen and oxygen atoms in total. The first-order valence-electron chi connectivity index (χ1n) is 10.6. The van der Waals surface area contributed by atoms with E-state index in [1.165, 1.54) is 6.92 Å². The molecule has 0 unspecified atom stereocenters. The fraction of sp³-hybridized carbons (Fsp3) is 0.636. The van der Waals surface area contributed by atoms with Crippen LogP contribution in [0.3, 0.4) is 0 Å². The van der Waals surface area contributed by atoms with Crippen LogP contribution in [0.15, 0.2) is 23.4 Å². The second kappa shape index (κ2) is 10.8. The van der Waals surface area contributed by atoms with Crippen LogP contribution >= 0.6 is 0 Å². The number of carbonyl (C=O) groups is 1. The molecule has 0 N–H and O–H groups in total. The number of hydrogen-bond donors (Lipinski definition) is 0. The standard InChI is InChI=1S/C22H28F6N2O4/c1-14(15-5-6-17(21(23,24)25)18(13-15)22(26,27)28)29-33-12-11-32-16-7-9-30(10-8-16)19(31)34-20(2,3)4/h5-6,13,16H,7-12H2,1-4H3. The van der Waals surface area contributed by atoms with Gasteiger partial charge in [0.1, 0.15) is 12.2 Å². The number of nitrogens with zero attached hydrogens (tertiary/aromatic N) is 2. The van der Waals surface area contributed by atoms with Gasteiger partial charge in [-0.2, -0.15) is 26.3 Å². The van der Waals surface area contributed by atoms with Crippen LogP contribution in [0.5, 0.6) is 0 Å². The normalized spacial score (nSPS) is 16.5. The first kappa shape index (κ1) is 27.7. The Morgan fingerprint density at radius 3 is 2.12 bits per heavy atom. The van der Waals surface area contributed by atoms with E-state index in [9.17, 15) is 31.1 Å². The van der Waals surface area contributed by atoms with Crippen molar-refractivity contribution in [3.63, 3.8) is 0 Å². The monoisotopic (exact) mass is 498 g/mol. The summed E-state index contributed by atoms with van der Waals surface area (Å²) in [5, 5.41) is 3.68. The highest BCUT2D eigenvalue weighted by Gasteiger charge is 2.43. The Bertz CT molecular complexity index is 870. The Hall–Kier alpha value is -2.50. The van der Waals surface area contributed by atoms with Crippen molar-refractivity contribution in [2.45, 2.75) is 64.6 Å². The second-order valence-electron chi connectivity index (χ2n) is 8.80. The molecule has 0 radical (unpaired) electrons. The third-order valence-corrected chi connectivity index (χ3v) is 4.87. The van der Waals surface area contributed by atoms with E-state index >= 15 is 0 Å². The summed E-state index contributed by atoms with van der Waals surface area (Å²) in [7, 11) is 0. The van der Waals surface area contributed by atoms with Gasteiger partial charge in [0.15, 0.2) is 0 Å². The fourth-order valence-electron chi connectivity index (χ4n) is 3.23. The number of halogens is 6. The molecular weight excluding hydrogens is 470 g/mol. The number of oxime groups is 1. The predicted molar refractivity (Wildman–Crippen MR) is 111 cm³/mol. The highest BCUT2D eigenvalue weighted by Crippen LogP contribution is 2.40. The average Bonchev–Trinajstić information content (AvgIpc) is 2.71. The molecule has 1 aromatic carbocycles. The third kappa shape index (κ3) is 8.37. The van der Waals surface area contributed by atoms with Gasteiger partial charge in [0, 0.05) is 13.1 Å². The van der Waals surface area contributed by atoms with E-state index in [0.29, 0.717) is 38.1 Å². The van der Waals surface area contributed by atoms with Crippen molar-refractivity contribution in [2.24, 2.45) is 5.16 Å². The molecule has 1 amide bonds. The minimum atomic E-state index is -5.17. The summed E-state index contributed by atoms with van der Waals surface area (Å²) in [4.78, 5) is 18.7. The van der Waals surface area contributed by atoms with Crippen molar-refractivity contribution in [3.8, 4) is 0 Å². The quantitative estimate of drug-likeness (QED) is 0.213. The molecule has 0 aromatic heterocycles. The number of likely N-dealkylation sites (tertiary alicyclic amines) is 1. The van der Waals surface area contributed by atoms with Crippen LogP contribution < -0.4 is 0 Å². The molecule has 12 heteroatoms. The van der Waals surface area contributed by atoms with Gasteiger partial charge in [-0.3, -0.25) is 0 Å². The summed E-state index contributed by atoms with van der Waals surface area (Å²) < 4.78 is 88.9. The molecule has 1 heterocycles. The first-order chi connectivity index (χ1) is 15.6. The van der Waals surface area contributed by atoms with Gasteiger partial charge in [0.2, 0.25) is 0 Å². The maximum atomic E-state index is 13.1. The number of amides is 1. The van der Waals surface area contributed by atoms with Crippen LogP contribution in [0.1, 0.15) is 57.2 Å². The van der Waals surface area contributed by atoms with Gasteiger partial charge in [0.25, 0.3) is 0 Å². The van der Waals surface area contributed by atoms with Crippen molar-refractivity contribution in [3.05, 3.63) is 34.9 Å². The molecule has 2 rings (SSSR count). The number of benzene rings is 1. The summed E-state index contributed by atoms with van der Waals surface area (Å²) in [6, 6.07) is 1.69. The summed E-state index contributed by atoms with van der Waals surface area (Å²) in [5.74, 6) is 0. The van der Waals surface area contributed by atoms with Gasteiger partial charge >= 0.3 is 18.4 Å². The van der Waals surface area contributed by atoms with Gasteiger partial charge in [-0.1, -0.05) is 11.2 Å². The van der Waals surface area contributed by atoms with Crippen molar-refractivity contribution in [2.75, 3.05) is 26.3 Å². The van der Waals surface area contributed by atoms with Crippen molar-refractivity contribution in [1.29, 1.82) is 0 Å². The molecule has 0 bridgehead atoms. The lowest BCUT2D eigenvalue weighted by molar-refractivity contribution is -0.162. The SMILES string of the molecule is CC(=NOCCOC1CCN(C(=O)OC(C)(C)C)CC1)c1ccc(C(F)(F)F)c(C(F)(F)F)c1. The average molecular weight is 498 g/mol. The minimum absolute atomic E-state index is 0.00359. The molecule has 1 fully saturated rings. The molecule has 0 aliphatic carbocycles. The van der Waals surface area contributed by atoms with E-state index < -0.39 is 29.1 Å². The summed E-state index contributed by atoms with van der Waals surface area (Å²) in [5.41, 5.74) is -4.27. The highest BCUT2D eigenvalue weighted by atomic mass is 19.4. The van der Waals surface area contributed by atoms with E-state index in [2.05, 4.69) is 5.16 Å². The summed E-state index contributed by atoms with van der Waals surface area (Å²) in [6.45, 7) is 7.80. The van der Waals surface area contributed by atoms with E-state index in [1.54, 1.807) is 25.7 Å². The number of piperidine rings is 1. The Morgan fingerprint density at radius 1 is 1.00 bits per heavy atom. The lowest BCUT2D eigenvalue weighted by atomic mass is 10.0. The Labute approximate surface area is 193 Å². The van der Waals surface area contributed by atoms with Gasteiger partial charge in [-0.15, -0.1) is 0 Å². The molecule has 0 spiro atoms. The molecule has 0 atom stereocenters. The molecule has 1 aliphatic rings. The van der Waals surface area contributed by atoms with Crippen LogP contribution in [0, 0.1) is 0 Å². The van der Waals surface area contributed by atoms with Crippen LogP contribution in [0.4, 0.5) is 31.1 Å². The Kier molecular flexibility index (Phi) is 8.84. The van der Waals surface area contributed by atoms with Crippen molar-refractivity contribution >= 4 is 11.8 Å². The Morgan fingerprint density at radius 2 is 1.59 bits per heavy atom. The fourth-order valence-corrected chi connectivity index (χ4v) is 3.23. The molecule has 192 valence electrons. The third-order valence-electron chi connectivity index (χ3n) is 4.87. The molecule has 0 saturated carbocycles. The number of alkyl halides is 6. The van der Waals surface area contributed by atoms with Crippen LogP contribution in [-0.4, -0.2) is 54.7 Å². The zero-order chi connectivity index (χ0) is 25.7. The highest BCUT2D eigenvalue weighted by molar-refractivity contribution is 5.98. The van der Waals surface area contributed by atoms with Crippen LogP contribution in [0.25, 0.3) is 0 Å². The zero-order valence-corrected chi connectivity index (χ0v) is 19.3. The van der Waals surface area contributed by atoms with Gasteiger partial charge in [-0.25, -0.2) is 4.79 Å². The van der Waals surface area contributed by atoms with E-state index in [0.717, 1.165) is 6.07 Å². The topological polar surface area (TPSA) is 60.4 Å². The lowest BCUT2D eigenvalue weighted by Gasteiger charge is -2.33. The number of carbonyl (C=O) groups excluding carboxylic acids is 1. The van der Waals surface area contributed by atoms with Crippen molar-refractivity contribution in [1.82, 2.24) is 4.90 Å². The number of rotatable bonds is 6. The minimum Gasteiger partial charge on any atom is -0.444 e. The molecule has 1 saturated heterocycles. The summed E-state index contributed by atoms with van der Waals surface area (Å²) >= 11 is 0. The first-order valence-corrected chi connectivity index (χ1v) is 10.6. The molecule has 34 heavy (non-hydrogen) atoms. The zero-order valence-electron chi connectivity index (χ0n) is 19.3. The Balaban J connectivity index is 1.82. The van der Waals surface area contributed by atoms with Crippen LogP contribution in [0.2, 0.25) is 0 Å². The van der Waals surface area contributed by atoms with Crippen LogP contribution in [-0.2, 0) is 26.7 Å². The summed E-state index contributed by atoms with van der Waals surface area (Å²) in [6.07, 6.45) is -9.58. The van der Waals surface area contributed by atoms with E-state index in [1.807, 2.05) is 0 Å². The molecular formula is C22H28F6N2O4. The lowest BCUT2D eigenvalue weighted by Crippen LogP contribution is -2.43. The van der Waals surface area contributed by atoms with E-state index in [-0.39, 0.29) is 36.7 Å². The predicted octanol–water partition coefficient (Wildman–Crippen LogP) is 5.88. The number of hydrogen-bond acceptors (Lipinski definition) is 5.